The van der Waals surface area contributed by atoms with Gasteiger partial charge in [0, 0.05) is 22.6 Å². The zero-order valence-corrected chi connectivity index (χ0v) is 12.2. The number of hydrogen-bond acceptors (Lipinski definition) is 3. The summed E-state index contributed by atoms with van der Waals surface area (Å²) in [6.07, 6.45) is 0.621. The second-order valence-electron chi connectivity index (χ2n) is 6.22. The molecular formula is C16H16F2N2O. The number of carbonyl (C=O) groups excluding carboxylic acids is 1. The molecule has 1 heterocycles. The first-order chi connectivity index (χ1) is 9.71. The van der Waals surface area contributed by atoms with Crippen LogP contribution in [0.15, 0.2) is 30.0 Å². The zero-order chi connectivity index (χ0) is 15.8. The lowest BCUT2D eigenvalue weighted by Gasteiger charge is -2.39. The number of nitrogens with zero attached hydrogens (tertiary/aromatic N) is 2. The van der Waals surface area contributed by atoms with Gasteiger partial charge in [0.2, 0.25) is 0 Å². The average molecular weight is 290 g/mol. The Balaban J connectivity index is 2.65. The molecule has 1 unspecified atom stereocenters. The maximum Gasteiger partial charge on any atom is 0.265 e. The number of hydrogen-bond donors (Lipinski definition) is 0. The minimum absolute atomic E-state index is 0.0135. The van der Waals surface area contributed by atoms with Crippen LogP contribution in [0, 0.1) is 16.7 Å². The quantitative estimate of drug-likeness (QED) is 0.834. The van der Waals surface area contributed by atoms with E-state index in [-0.39, 0.29) is 22.6 Å². The number of nitriles is 1. The number of Topliss-reactive ketones (excluding diaryl/α,β-unsaturated/α-hetero) is 1. The first kappa shape index (κ1) is 15.3. The van der Waals surface area contributed by atoms with Crippen molar-refractivity contribution in [1.82, 2.24) is 4.98 Å². The lowest BCUT2D eigenvalue weighted by Crippen LogP contribution is -2.40. The van der Waals surface area contributed by atoms with Crippen LogP contribution in [0.1, 0.15) is 44.9 Å². The molecule has 1 atom stereocenters. The summed E-state index contributed by atoms with van der Waals surface area (Å²) < 4.78 is 26.4. The average Bonchev–Trinajstić information content (AvgIpc) is 2.42. The van der Waals surface area contributed by atoms with Gasteiger partial charge >= 0.3 is 0 Å². The van der Waals surface area contributed by atoms with E-state index in [4.69, 9.17) is 5.26 Å². The van der Waals surface area contributed by atoms with E-state index in [2.05, 4.69) is 4.98 Å². The van der Waals surface area contributed by atoms with Gasteiger partial charge in [0.1, 0.15) is 6.07 Å². The van der Waals surface area contributed by atoms with Crippen LogP contribution in [-0.4, -0.2) is 10.8 Å². The third-order valence-electron chi connectivity index (χ3n) is 3.87. The van der Waals surface area contributed by atoms with E-state index in [9.17, 15) is 13.6 Å². The summed E-state index contributed by atoms with van der Waals surface area (Å²) in [6.45, 7) is 5.19. The highest BCUT2D eigenvalue weighted by Gasteiger charge is 2.45. The van der Waals surface area contributed by atoms with Gasteiger partial charge in [-0.25, -0.2) is 8.78 Å². The van der Waals surface area contributed by atoms with E-state index < -0.39 is 17.3 Å². The molecule has 3 nitrogen and oxygen atoms in total. The van der Waals surface area contributed by atoms with Gasteiger partial charge in [-0.15, -0.1) is 0 Å². The number of halogens is 2. The molecule has 0 spiro atoms. The topological polar surface area (TPSA) is 53.8 Å². The molecule has 1 aromatic rings. The third-order valence-corrected chi connectivity index (χ3v) is 3.87. The summed E-state index contributed by atoms with van der Waals surface area (Å²) in [4.78, 5) is 16.3. The van der Waals surface area contributed by atoms with Gasteiger partial charge in [0.15, 0.2) is 5.78 Å². The second-order valence-corrected chi connectivity index (χ2v) is 6.22. The Morgan fingerprint density at radius 1 is 1.38 bits per heavy atom. The van der Waals surface area contributed by atoms with Gasteiger partial charge in [-0.05, 0) is 18.6 Å². The van der Waals surface area contributed by atoms with Crippen molar-refractivity contribution in [2.24, 2.45) is 5.41 Å². The number of pyridine rings is 1. The summed E-state index contributed by atoms with van der Waals surface area (Å²) in [7, 11) is 0. The van der Waals surface area contributed by atoms with Gasteiger partial charge in [-0.3, -0.25) is 9.78 Å². The molecule has 0 bridgehead atoms. The van der Waals surface area contributed by atoms with E-state index >= 15 is 0 Å². The zero-order valence-electron chi connectivity index (χ0n) is 12.2. The van der Waals surface area contributed by atoms with Crippen LogP contribution in [0.2, 0.25) is 0 Å². The minimum atomic E-state index is -2.65. The molecule has 0 aliphatic heterocycles. The van der Waals surface area contributed by atoms with Crippen molar-refractivity contribution < 1.29 is 13.6 Å². The van der Waals surface area contributed by atoms with Crippen molar-refractivity contribution in [3.05, 3.63) is 41.2 Å². The lowest BCUT2D eigenvalue weighted by molar-refractivity contribution is -0.124. The fourth-order valence-electron chi connectivity index (χ4n) is 3.10. The van der Waals surface area contributed by atoms with Crippen LogP contribution in [0.5, 0.6) is 0 Å². The molecule has 110 valence electrons. The van der Waals surface area contributed by atoms with Crippen LogP contribution in [0.4, 0.5) is 8.78 Å². The Bertz CT molecular complexity index is 658. The lowest BCUT2D eigenvalue weighted by atomic mass is 9.63. The third kappa shape index (κ3) is 2.58. The Morgan fingerprint density at radius 3 is 2.62 bits per heavy atom. The van der Waals surface area contributed by atoms with Gasteiger partial charge in [0.25, 0.3) is 6.43 Å². The summed E-state index contributed by atoms with van der Waals surface area (Å²) >= 11 is 0. The molecule has 0 N–H and O–H groups in total. The van der Waals surface area contributed by atoms with Gasteiger partial charge in [0.05, 0.1) is 11.3 Å². The van der Waals surface area contributed by atoms with E-state index in [0.29, 0.717) is 6.42 Å². The molecule has 21 heavy (non-hydrogen) atoms. The number of aromatic nitrogens is 1. The highest BCUT2D eigenvalue weighted by Crippen LogP contribution is 2.45. The van der Waals surface area contributed by atoms with Crippen molar-refractivity contribution in [1.29, 1.82) is 5.26 Å². The molecule has 1 aliphatic carbocycles. The first-order valence-electron chi connectivity index (χ1n) is 6.62. The van der Waals surface area contributed by atoms with E-state index in [0.717, 1.165) is 0 Å². The first-order valence-corrected chi connectivity index (χ1v) is 6.62. The molecule has 5 heteroatoms. The van der Waals surface area contributed by atoms with Crippen molar-refractivity contribution in [2.45, 2.75) is 39.0 Å². The molecular weight excluding hydrogens is 274 g/mol. The molecule has 1 aliphatic rings. The number of alkyl halides is 2. The number of ketones is 1. The van der Waals surface area contributed by atoms with Gasteiger partial charge < -0.3 is 0 Å². The summed E-state index contributed by atoms with van der Waals surface area (Å²) in [5.41, 5.74) is -1.56. The Morgan fingerprint density at radius 2 is 2.05 bits per heavy atom. The predicted molar refractivity (Wildman–Crippen MR) is 73.6 cm³/mol. The predicted octanol–water partition coefficient (Wildman–Crippen LogP) is 3.73. The normalized spacial score (nSPS) is 24.6. The molecule has 1 aromatic heterocycles. The maximum absolute atomic E-state index is 13.2. The highest BCUT2D eigenvalue weighted by atomic mass is 19.3. The molecule has 0 saturated heterocycles. The highest BCUT2D eigenvalue weighted by molar-refractivity contribution is 6.04. The molecule has 0 radical (unpaired) electrons. The van der Waals surface area contributed by atoms with Crippen LogP contribution < -0.4 is 0 Å². The smallest absolute Gasteiger partial charge is 0.265 e. The van der Waals surface area contributed by atoms with Crippen LogP contribution >= 0.6 is 0 Å². The molecule has 0 aromatic carbocycles. The van der Waals surface area contributed by atoms with Crippen LogP contribution in [0.25, 0.3) is 0 Å². The summed E-state index contributed by atoms with van der Waals surface area (Å²) in [5.74, 6) is -0.253. The summed E-state index contributed by atoms with van der Waals surface area (Å²) in [6, 6.07) is 4.67. The van der Waals surface area contributed by atoms with Crippen molar-refractivity contribution in [3.8, 4) is 6.07 Å². The summed E-state index contributed by atoms with van der Waals surface area (Å²) in [5, 5.41) is 9.14. The SMILES string of the molecule is CC1(C)CC(C)(c2ncccc2C(F)F)C=C(C#N)C1=O. The largest absolute Gasteiger partial charge is 0.293 e. The molecule has 0 amide bonds. The minimum Gasteiger partial charge on any atom is -0.293 e. The van der Waals surface area contributed by atoms with Crippen molar-refractivity contribution in [2.75, 3.05) is 0 Å². The molecule has 0 saturated carbocycles. The number of allylic oxidation sites excluding steroid dienone is 2. The fraction of sp³-hybridized carbons (Fsp3) is 0.438. The van der Waals surface area contributed by atoms with Gasteiger partial charge in [-0.1, -0.05) is 26.8 Å². The van der Waals surface area contributed by atoms with E-state index in [1.54, 1.807) is 20.8 Å². The fourth-order valence-corrected chi connectivity index (χ4v) is 3.10. The standard InChI is InChI=1S/C16H16F2N2O/c1-15(2)9-16(3,7-10(8-19)13(15)21)12-11(14(17)18)5-4-6-20-12/h4-7,14H,9H2,1-3H3. The van der Waals surface area contributed by atoms with Gasteiger partial charge in [-0.2, -0.15) is 5.26 Å². The Labute approximate surface area is 122 Å². The Kier molecular flexibility index (Phi) is 3.66. The Hall–Kier alpha value is -2.09. The van der Waals surface area contributed by atoms with Crippen LogP contribution in [-0.2, 0) is 10.2 Å². The van der Waals surface area contributed by atoms with Crippen molar-refractivity contribution in [3.63, 3.8) is 0 Å². The van der Waals surface area contributed by atoms with Crippen molar-refractivity contribution >= 4 is 5.78 Å². The number of carbonyl (C=O) groups is 1. The molecule has 2 rings (SSSR count). The molecule has 0 fully saturated rings. The van der Waals surface area contributed by atoms with E-state index in [1.807, 2.05) is 6.07 Å². The number of rotatable bonds is 2. The monoisotopic (exact) mass is 290 g/mol. The second kappa shape index (κ2) is 5.03. The maximum atomic E-state index is 13.2. The van der Waals surface area contributed by atoms with E-state index in [1.165, 1.54) is 24.4 Å². The van der Waals surface area contributed by atoms with Crippen LogP contribution in [0.3, 0.4) is 0 Å².